The predicted octanol–water partition coefficient (Wildman–Crippen LogP) is 2.14. The van der Waals surface area contributed by atoms with Gasteiger partial charge in [-0.15, -0.1) is 10.2 Å². The van der Waals surface area contributed by atoms with Crippen LogP contribution in [0, 0.1) is 12.7 Å². The Morgan fingerprint density at radius 2 is 2.18 bits per heavy atom. The zero-order valence-electron chi connectivity index (χ0n) is 9.64. The molecule has 2 aromatic rings. The van der Waals surface area contributed by atoms with Gasteiger partial charge < -0.3 is 10.3 Å². The van der Waals surface area contributed by atoms with Crippen molar-refractivity contribution in [2.45, 2.75) is 17.8 Å². The molecule has 0 saturated heterocycles. The monoisotopic (exact) mass is 252 g/mol. The molecule has 0 spiro atoms. The molecule has 0 radical (unpaired) electrons. The normalized spacial score (nSPS) is 10.8. The molecule has 2 rings (SSSR count). The average Bonchev–Trinajstić information content (AvgIpc) is 2.62. The van der Waals surface area contributed by atoms with Crippen molar-refractivity contribution in [3.8, 4) is 0 Å². The molecule has 0 aliphatic carbocycles. The number of thioether (sulfide) groups is 1. The van der Waals surface area contributed by atoms with Crippen molar-refractivity contribution in [3.63, 3.8) is 0 Å². The molecule has 90 valence electrons. The van der Waals surface area contributed by atoms with Crippen LogP contribution in [0.15, 0.2) is 23.4 Å². The lowest BCUT2D eigenvalue weighted by molar-refractivity contribution is 0.627. The van der Waals surface area contributed by atoms with Gasteiger partial charge in [-0.25, -0.2) is 4.39 Å². The number of aryl methyl sites for hydroxylation is 1. The van der Waals surface area contributed by atoms with Crippen LogP contribution in [0.4, 0.5) is 10.1 Å². The summed E-state index contributed by atoms with van der Waals surface area (Å²) in [6.45, 7) is 1.88. The number of aromatic nitrogens is 3. The number of nitrogen functional groups attached to an aromatic ring is 1. The maximum Gasteiger partial charge on any atom is 0.191 e. The number of nitrogens with zero attached hydrogens (tertiary/aromatic N) is 3. The van der Waals surface area contributed by atoms with Crippen LogP contribution in [0.5, 0.6) is 0 Å². The second-order valence-electron chi connectivity index (χ2n) is 3.72. The van der Waals surface area contributed by atoms with Gasteiger partial charge in [-0.1, -0.05) is 11.8 Å². The van der Waals surface area contributed by atoms with E-state index >= 15 is 0 Å². The first-order valence-electron chi connectivity index (χ1n) is 5.10. The molecule has 0 amide bonds. The maximum atomic E-state index is 13.1. The number of halogens is 1. The van der Waals surface area contributed by atoms with Crippen molar-refractivity contribution in [3.05, 3.63) is 35.4 Å². The molecule has 0 bridgehead atoms. The Morgan fingerprint density at radius 3 is 2.82 bits per heavy atom. The maximum absolute atomic E-state index is 13.1. The highest BCUT2D eigenvalue weighted by molar-refractivity contribution is 7.98. The summed E-state index contributed by atoms with van der Waals surface area (Å²) < 4.78 is 14.9. The van der Waals surface area contributed by atoms with E-state index in [-0.39, 0.29) is 5.82 Å². The minimum absolute atomic E-state index is 0.274. The van der Waals surface area contributed by atoms with Gasteiger partial charge in [0.25, 0.3) is 0 Å². The summed E-state index contributed by atoms with van der Waals surface area (Å²) in [6, 6.07) is 4.38. The van der Waals surface area contributed by atoms with E-state index in [1.54, 1.807) is 6.07 Å². The third kappa shape index (κ3) is 2.58. The van der Waals surface area contributed by atoms with Crippen LogP contribution < -0.4 is 5.73 Å². The second-order valence-corrected chi connectivity index (χ2v) is 4.66. The van der Waals surface area contributed by atoms with Crippen molar-refractivity contribution >= 4 is 17.4 Å². The van der Waals surface area contributed by atoms with E-state index in [4.69, 9.17) is 5.73 Å². The van der Waals surface area contributed by atoms with Crippen LogP contribution in [-0.2, 0) is 12.8 Å². The van der Waals surface area contributed by atoms with E-state index in [1.165, 1.54) is 23.9 Å². The molecule has 0 aliphatic heterocycles. The van der Waals surface area contributed by atoms with E-state index in [2.05, 4.69) is 10.2 Å². The van der Waals surface area contributed by atoms with Gasteiger partial charge in [-0.05, 0) is 30.7 Å². The van der Waals surface area contributed by atoms with Gasteiger partial charge in [0.2, 0.25) is 0 Å². The van der Waals surface area contributed by atoms with Gasteiger partial charge in [0.05, 0.1) is 0 Å². The molecule has 0 aliphatic rings. The first-order chi connectivity index (χ1) is 8.08. The van der Waals surface area contributed by atoms with Crippen LogP contribution in [0.2, 0.25) is 0 Å². The Morgan fingerprint density at radius 1 is 1.41 bits per heavy atom. The Hall–Kier alpha value is -1.56. The van der Waals surface area contributed by atoms with Crippen LogP contribution in [0.25, 0.3) is 0 Å². The highest BCUT2D eigenvalue weighted by Gasteiger charge is 2.07. The molecule has 1 aromatic carbocycles. The molecular weight excluding hydrogens is 239 g/mol. The number of rotatable bonds is 3. The summed E-state index contributed by atoms with van der Waals surface area (Å²) in [6.07, 6.45) is 0. The first kappa shape index (κ1) is 11.9. The van der Waals surface area contributed by atoms with Crippen LogP contribution in [-0.4, -0.2) is 14.8 Å². The van der Waals surface area contributed by atoms with E-state index in [0.29, 0.717) is 11.4 Å². The lowest BCUT2D eigenvalue weighted by Gasteiger charge is -2.05. The molecule has 6 heteroatoms. The van der Waals surface area contributed by atoms with Gasteiger partial charge in [0.1, 0.15) is 11.6 Å². The molecule has 0 unspecified atom stereocenters. The Balaban J connectivity index is 2.12. The van der Waals surface area contributed by atoms with Crippen molar-refractivity contribution in [1.29, 1.82) is 0 Å². The van der Waals surface area contributed by atoms with E-state index < -0.39 is 0 Å². The van der Waals surface area contributed by atoms with Gasteiger partial charge in [0, 0.05) is 18.5 Å². The topological polar surface area (TPSA) is 56.7 Å². The Bertz CT molecular complexity index is 538. The standard InChI is InChI=1S/C11H13FN4S/c1-7-14-15-11(16(7)2)17-6-8-5-9(12)3-4-10(8)13/h3-5H,6,13H2,1-2H3. The lowest BCUT2D eigenvalue weighted by atomic mass is 10.2. The van der Waals surface area contributed by atoms with Gasteiger partial charge >= 0.3 is 0 Å². The predicted molar refractivity (Wildman–Crippen MR) is 66.1 cm³/mol. The van der Waals surface area contributed by atoms with Crippen molar-refractivity contribution in [2.24, 2.45) is 7.05 Å². The quantitative estimate of drug-likeness (QED) is 0.671. The summed E-state index contributed by atoms with van der Waals surface area (Å²) in [7, 11) is 1.90. The molecule has 0 atom stereocenters. The van der Waals surface area contributed by atoms with Crippen molar-refractivity contribution in [1.82, 2.24) is 14.8 Å². The highest BCUT2D eigenvalue weighted by Crippen LogP contribution is 2.24. The summed E-state index contributed by atoms with van der Waals surface area (Å²) in [5, 5.41) is 8.78. The minimum Gasteiger partial charge on any atom is -0.398 e. The molecular formula is C11H13FN4S. The van der Waals surface area contributed by atoms with Gasteiger partial charge in [0.15, 0.2) is 5.16 Å². The molecule has 0 fully saturated rings. The average molecular weight is 252 g/mol. The van der Waals surface area contributed by atoms with E-state index in [9.17, 15) is 4.39 Å². The molecule has 4 nitrogen and oxygen atoms in total. The summed E-state index contributed by atoms with van der Waals surface area (Å²) in [4.78, 5) is 0. The summed E-state index contributed by atoms with van der Waals surface area (Å²) in [5.74, 6) is 1.15. The fourth-order valence-electron chi connectivity index (χ4n) is 1.36. The third-order valence-corrected chi connectivity index (χ3v) is 3.58. The zero-order valence-corrected chi connectivity index (χ0v) is 10.5. The van der Waals surface area contributed by atoms with Crippen LogP contribution in [0.1, 0.15) is 11.4 Å². The highest BCUT2D eigenvalue weighted by atomic mass is 32.2. The number of nitrogens with two attached hydrogens (primary N) is 1. The second kappa shape index (κ2) is 4.75. The summed E-state index contributed by atoms with van der Waals surface area (Å²) in [5.41, 5.74) is 7.14. The number of hydrogen-bond acceptors (Lipinski definition) is 4. The van der Waals surface area contributed by atoms with E-state index in [0.717, 1.165) is 16.5 Å². The van der Waals surface area contributed by atoms with Crippen LogP contribution >= 0.6 is 11.8 Å². The fraction of sp³-hybridized carbons (Fsp3) is 0.273. The van der Waals surface area contributed by atoms with Crippen LogP contribution in [0.3, 0.4) is 0 Å². The number of hydrogen-bond donors (Lipinski definition) is 1. The third-order valence-electron chi connectivity index (χ3n) is 2.51. The SMILES string of the molecule is Cc1nnc(SCc2cc(F)ccc2N)n1C. The van der Waals surface area contributed by atoms with Crippen molar-refractivity contribution < 1.29 is 4.39 Å². The van der Waals surface area contributed by atoms with Gasteiger partial charge in [-0.3, -0.25) is 0 Å². The lowest BCUT2D eigenvalue weighted by Crippen LogP contribution is -1.96. The molecule has 0 saturated carbocycles. The van der Waals surface area contributed by atoms with Gasteiger partial charge in [-0.2, -0.15) is 0 Å². The molecule has 1 heterocycles. The van der Waals surface area contributed by atoms with E-state index in [1.807, 2.05) is 18.5 Å². The van der Waals surface area contributed by atoms with Crippen molar-refractivity contribution in [2.75, 3.05) is 5.73 Å². The summed E-state index contributed by atoms with van der Waals surface area (Å²) >= 11 is 1.49. The first-order valence-corrected chi connectivity index (χ1v) is 6.09. The molecule has 17 heavy (non-hydrogen) atoms. The largest absolute Gasteiger partial charge is 0.398 e. The Kier molecular flexibility index (Phi) is 3.33. The Labute approximate surface area is 103 Å². The fourth-order valence-corrected chi connectivity index (χ4v) is 2.31. The number of benzene rings is 1. The molecule has 2 N–H and O–H groups in total. The smallest absolute Gasteiger partial charge is 0.191 e. The minimum atomic E-state index is -0.274. The zero-order chi connectivity index (χ0) is 12.4. The number of anilines is 1. The molecule has 1 aromatic heterocycles.